The maximum atomic E-state index is 9.91. The summed E-state index contributed by atoms with van der Waals surface area (Å²) in [5, 5.41) is 13.8. The third-order valence-corrected chi connectivity index (χ3v) is 3.30. The zero-order valence-corrected chi connectivity index (χ0v) is 10.8. The van der Waals surface area contributed by atoms with Gasteiger partial charge in [0.05, 0.1) is 7.11 Å². The van der Waals surface area contributed by atoms with E-state index in [2.05, 4.69) is 5.32 Å². The molecule has 2 rings (SSSR count). The molecule has 0 radical (unpaired) electrons. The highest BCUT2D eigenvalue weighted by Gasteiger charge is 2.20. The van der Waals surface area contributed by atoms with Crippen LogP contribution in [0.2, 0.25) is 5.02 Å². The second kappa shape index (κ2) is 5.61. The molecular formula is C13H18ClNO2. The molecule has 1 aliphatic carbocycles. The molecule has 0 amide bonds. The fourth-order valence-electron chi connectivity index (χ4n) is 1.85. The van der Waals surface area contributed by atoms with Gasteiger partial charge in [0.15, 0.2) is 11.5 Å². The Kier molecular flexibility index (Phi) is 4.13. The molecule has 0 spiro atoms. The Morgan fingerprint density at radius 2 is 2.24 bits per heavy atom. The molecule has 1 aromatic carbocycles. The van der Waals surface area contributed by atoms with E-state index in [4.69, 9.17) is 16.3 Å². The van der Waals surface area contributed by atoms with Gasteiger partial charge >= 0.3 is 0 Å². The first-order valence-corrected chi connectivity index (χ1v) is 6.34. The number of methoxy groups -OCH3 is 1. The van der Waals surface area contributed by atoms with Crippen molar-refractivity contribution in [2.75, 3.05) is 13.7 Å². The number of phenolic OH excluding ortho intramolecular Hbond substituents is 1. The van der Waals surface area contributed by atoms with E-state index in [-0.39, 0.29) is 5.75 Å². The maximum Gasteiger partial charge on any atom is 0.162 e. The average molecular weight is 256 g/mol. The maximum absolute atomic E-state index is 9.91. The second-order valence-electron chi connectivity index (χ2n) is 4.52. The van der Waals surface area contributed by atoms with Crippen molar-refractivity contribution in [2.45, 2.75) is 25.8 Å². The number of nitrogens with one attached hydrogen (secondary N) is 1. The van der Waals surface area contributed by atoms with Gasteiger partial charge in [-0.3, -0.25) is 0 Å². The Morgan fingerprint density at radius 1 is 1.47 bits per heavy atom. The molecule has 94 valence electrons. The van der Waals surface area contributed by atoms with Gasteiger partial charge in [-0.15, -0.1) is 0 Å². The van der Waals surface area contributed by atoms with E-state index < -0.39 is 0 Å². The number of benzene rings is 1. The summed E-state index contributed by atoms with van der Waals surface area (Å²) in [6.45, 7) is 1.61. The van der Waals surface area contributed by atoms with Crippen molar-refractivity contribution in [1.29, 1.82) is 0 Å². The zero-order valence-electron chi connectivity index (χ0n) is 10.0. The van der Waals surface area contributed by atoms with Crippen molar-refractivity contribution in [1.82, 2.24) is 5.32 Å². The Labute approximate surface area is 107 Å². The molecule has 2 N–H and O–H groups in total. The normalized spacial score (nSPS) is 14.9. The van der Waals surface area contributed by atoms with E-state index in [1.54, 1.807) is 12.1 Å². The number of hydrogen-bond acceptors (Lipinski definition) is 3. The lowest BCUT2D eigenvalue weighted by Crippen LogP contribution is -2.15. The van der Waals surface area contributed by atoms with E-state index in [0.29, 0.717) is 17.3 Å². The molecule has 3 nitrogen and oxygen atoms in total. The zero-order chi connectivity index (χ0) is 12.3. The van der Waals surface area contributed by atoms with Gasteiger partial charge < -0.3 is 15.2 Å². The van der Waals surface area contributed by atoms with Crippen LogP contribution < -0.4 is 10.1 Å². The molecule has 1 saturated carbocycles. The molecule has 4 heteroatoms. The summed E-state index contributed by atoms with van der Waals surface area (Å²) >= 11 is 5.96. The summed E-state index contributed by atoms with van der Waals surface area (Å²) in [6, 6.07) is 3.38. The van der Waals surface area contributed by atoms with E-state index in [0.717, 1.165) is 18.0 Å². The lowest BCUT2D eigenvalue weighted by atomic mass is 10.2. The molecule has 1 aromatic rings. The molecule has 1 fully saturated rings. The highest BCUT2D eigenvalue weighted by molar-refractivity contribution is 6.30. The van der Waals surface area contributed by atoms with E-state index in [1.807, 2.05) is 0 Å². The summed E-state index contributed by atoms with van der Waals surface area (Å²) in [4.78, 5) is 0. The van der Waals surface area contributed by atoms with Crippen LogP contribution in [0.5, 0.6) is 11.5 Å². The Bertz CT molecular complexity index is 391. The van der Waals surface area contributed by atoms with Crippen LogP contribution in [0.3, 0.4) is 0 Å². The molecular weight excluding hydrogens is 238 g/mol. The smallest absolute Gasteiger partial charge is 0.162 e. The Hall–Kier alpha value is -0.930. The second-order valence-corrected chi connectivity index (χ2v) is 4.96. The molecule has 0 aromatic heterocycles. The minimum Gasteiger partial charge on any atom is -0.504 e. The summed E-state index contributed by atoms with van der Waals surface area (Å²) < 4.78 is 5.06. The van der Waals surface area contributed by atoms with Gasteiger partial charge in [0, 0.05) is 23.2 Å². The van der Waals surface area contributed by atoms with Gasteiger partial charge in [0.25, 0.3) is 0 Å². The van der Waals surface area contributed by atoms with Gasteiger partial charge in [-0.2, -0.15) is 0 Å². The minimum absolute atomic E-state index is 0.177. The molecule has 0 aliphatic heterocycles. The molecule has 1 aliphatic rings. The van der Waals surface area contributed by atoms with Crippen molar-refractivity contribution in [2.24, 2.45) is 5.92 Å². The molecule has 17 heavy (non-hydrogen) atoms. The monoisotopic (exact) mass is 255 g/mol. The first-order chi connectivity index (χ1) is 8.20. The third kappa shape index (κ3) is 3.51. The van der Waals surface area contributed by atoms with E-state index in [9.17, 15) is 5.11 Å². The first kappa shape index (κ1) is 12.5. The number of phenols is 1. The molecule has 0 saturated heterocycles. The highest BCUT2D eigenvalue weighted by Crippen LogP contribution is 2.34. The third-order valence-electron chi connectivity index (χ3n) is 3.08. The topological polar surface area (TPSA) is 41.5 Å². The Balaban J connectivity index is 1.91. The lowest BCUT2D eigenvalue weighted by molar-refractivity contribution is 0.369. The van der Waals surface area contributed by atoms with Crippen molar-refractivity contribution < 1.29 is 9.84 Å². The van der Waals surface area contributed by atoms with Crippen LogP contribution in [0.4, 0.5) is 0 Å². The number of hydrogen-bond donors (Lipinski definition) is 2. The van der Waals surface area contributed by atoms with Gasteiger partial charge in [-0.05, 0) is 24.9 Å². The molecule has 0 unspecified atom stereocenters. The van der Waals surface area contributed by atoms with Crippen LogP contribution in [-0.2, 0) is 6.54 Å². The van der Waals surface area contributed by atoms with Gasteiger partial charge in [0.2, 0.25) is 0 Å². The van der Waals surface area contributed by atoms with Gasteiger partial charge in [-0.25, -0.2) is 0 Å². The minimum atomic E-state index is 0.177. The number of aromatic hydroxyl groups is 1. The van der Waals surface area contributed by atoms with Crippen molar-refractivity contribution in [3.63, 3.8) is 0 Å². The summed E-state index contributed by atoms with van der Waals surface area (Å²) in [5.41, 5.74) is 0.783. The first-order valence-electron chi connectivity index (χ1n) is 5.97. The van der Waals surface area contributed by atoms with Crippen LogP contribution >= 0.6 is 11.6 Å². The standard InChI is InChI=1S/C13H18ClNO2/c1-17-12-7-11(14)6-10(13(12)16)8-15-5-4-9-2-3-9/h6-7,9,15-16H,2-5,8H2,1H3. The summed E-state index contributed by atoms with van der Waals surface area (Å²) in [5.74, 6) is 1.53. The fraction of sp³-hybridized carbons (Fsp3) is 0.538. The summed E-state index contributed by atoms with van der Waals surface area (Å²) in [7, 11) is 1.52. The van der Waals surface area contributed by atoms with E-state index >= 15 is 0 Å². The van der Waals surface area contributed by atoms with Crippen LogP contribution in [0, 0.1) is 5.92 Å². The predicted octanol–water partition coefficient (Wildman–Crippen LogP) is 2.94. The largest absolute Gasteiger partial charge is 0.504 e. The van der Waals surface area contributed by atoms with Gasteiger partial charge in [0.1, 0.15) is 0 Å². The lowest BCUT2D eigenvalue weighted by Gasteiger charge is -2.10. The predicted molar refractivity (Wildman–Crippen MR) is 68.7 cm³/mol. The number of halogens is 1. The molecule has 0 bridgehead atoms. The van der Waals surface area contributed by atoms with E-state index in [1.165, 1.54) is 26.4 Å². The van der Waals surface area contributed by atoms with Gasteiger partial charge in [-0.1, -0.05) is 24.4 Å². The average Bonchev–Trinajstić information content (AvgIpc) is 3.12. The van der Waals surface area contributed by atoms with Crippen molar-refractivity contribution in [3.05, 3.63) is 22.7 Å². The van der Waals surface area contributed by atoms with Crippen molar-refractivity contribution >= 4 is 11.6 Å². The Morgan fingerprint density at radius 3 is 2.88 bits per heavy atom. The quantitative estimate of drug-likeness (QED) is 0.768. The van der Waals surface area contributed by atoms with Crippen LogP contribution in [0.25, 0.3) is 0 Å². The number of ether oxygens (including phenoxy) is 1. The molecule has 0 heterocycles. The fourth-order valence-corrected chi connectivity index (χ4v) is 2.09. The van der Waals surface area contributed by atoms with Crippen LogP contribution in [0.15, 0.2) is 12.1 Å². The molecule has 0 atom stereocenters. The van der Waals surface area contributed by atoms with Crippen LogP contribution in [-0.4, -0.2) is 18.8 Å². The SMILES string of the molecule is COc1cc(Cl)cc(CNCCC2CC2)c1O. The van der Waals surface area contributed by atoms with Crippen molar-refractivity contribution in [3.8, 4) is 11.5 Å². The number of rotatable bonds is 6. The van der Waals surface area contributed by atoms with Crippen LogP contribution in [0.1, 0.15) is 24.8 Å². The highest BCUT2D eigenvalue weighted by atomic mass is 35.5. The summed E-state index contributed by atoms with van der Waals surface area (Å²) in [6.07, 6.45) is 3.97.